The van der Waals surface area contributed by atoms with Crippen LogP contribution in [0, 0.1) is 11.8 Å². The predicted octanol–water partition coefficient (Wildman–Crippen LogP) is 1.01. The lowest BCUT2D eigenvalue weighted by molar-refractivity contribution is -0.127. The van der Waals surface area contributed by atoms with Crippen molar-refractivity contribution < 1.29 is 18.4 Å². The molecule has 0 unspecified atom stereocenters. The van der Waals surface area contributed by atoms with Crippen LogP contribution in [0.2, 0.25) is 0 Å². The summed E-state index contributed by atoms with van der Waals surface area (Å²) in [5.74, 6) is 9.45. The summed E-state index contributed by atoms with van der Waals surface area (Å²) >= 11 is 0. The van der Waals surface area contributed by atoms with E-state index in [4.69, 9.17) is 11.7 Å². The maximum absolute atomic E-state index is 12.6. The van der Waals surface area contributed by atoms with Crippen LogP contribution in [-0.4, -0.2) is 24.2 Å². The van der Waals surface area contributed by atoms with Crippen LogP contribution in [-0.2, 0) is 9.59 Å². The van der Waals surface area contributed by atoms with Crippen molar-refractivity contribution in [2.24, 2.45) is 23.5 Å². The number of hydrogen-bond acceptors (Lipinski definition) is 4. The second-order valence-electron chi connectivity index (χ2n) is 5.91. The van der Waals surface area contributed by atoms with Crippen molar-refractivity contribution in [3.05, 3.63) is 0 Å². The number of carbonyl (C=O) groups excluding carboxylic acids is 2. The molecular formula is C14H26F2N4O2. The largest absolute Gasteiger partial charge is 0.294 e. The average Bonchev–Trinajstić information content (AvgIpc) is 2.55. The standard InChI is InChI=1S/2C7H13FN2O/c2*8-6-3-1-5(2-4-6)7(11)10-9/h2*5-6H,1-4,9H2,(H,10,11). The first-order valence-corrected chi connectivity index (χ1v) is 7.77. The van der Waals surface area contributed by atoms with E-state index in [-0.39, 0.29) is 23.7 Å². The van der Waals surface area contributed by atoms with Crippen molar-refractivity contribution in [2.75, 3.05) is 0 Å². The van der Waals surface area contributed by atoms with Crippen molar-refractivity contribution in [1.82, 2.24) is 10.9 Å². The van der Waals surface area contributed by atoms with Crippen LogP contribution in [0.1, 0.15) is 51.4 Å². The molecule has 2 aliphatic carbocycles. The molecule has 0 radical (unpaired) electrons. The number of hydrogen-bond donors (Lipinski definition) is 4. The van der Waals surface area contributed by atoms with Gasteiger partial charge in [0.2, 0.25) is 11.8 Å². The van der Waals surface area contributed by atoms with E-state index in [9.17, 15) is 18.4 Å². The van der Waals surface area contributed by atoms with Gasteiger partial charge >= 0.3 is 0 Å². The minimum Gasteiger partial charge on any atom is -0.294 e. The molecule has 0 aromatic rings. The molecule has 2 rings (SSSR count). The first-order valence-electron chi connectivity index (χ1n) is 7.77. The molecule has 2 fully saturated rings. The number of nitrogens with two attached hydrogens (primary N) is 2. The first-order chi connectivity index (χ1) is 10.5. The maximum atomic E-state index is 12.6. The highest BCUT2D eigenvalue weighted by Gasteiger charge is 2.25. The number of carbonyl (C=O) groups is 2. The van der Waals surface area contributed by atoms with Crippen LogP contribution >= 0.6 is 0 Å². The molecule has 8 heteroatoms. The molecule has 6 N–H and O–H groups in total. The number of rotatable bonds is 2. The van der Waals surface area contributed by atoms with Crippen LogP contribution in [0.15, 0.2) is 0 Å². The summed E-state index contributed by atoms with van der Waals surface area (Å²) in [5, 5.41) is 0. The summed E-state index contributed by atoms with van der Waals surface area (Å²) in [7, 11) is 0. The maximum Gasteiger partial charge on any atom is 0.236 e. The van der Waals surface area contributed by atoms with Crippen LogP contribution in [0.5, 0.6) is 0 Å². The highest BCUT2D eigenvalue weighted by molar-refractivity contribution is 5.78. The van der Waals surface area contributed by atoms with Crippen molar-refractivity contribution in [3.63, 3.8) is 0 Å². The first kappa shape index (κ1) is 18.8. The third-order valence-corrected chi connectivity index (χ3v) is 4.34. The van der Waals surface area contributed by atoms with E-state index in [1.54, 1.807) is 0 Å². The monoisotopic (exact) mass is 320 g/mol. The van der Waals surface area contributed by atoms with Gasteiger partial charge in [0.15, 0.2) is 0 Å². The van der Waals surface area contributed by atoms with Crippen LogP contribution in [0.25, 0.3) is 0 Å². The summed E-state index contributed by atoms with van der Waals surface area (Å²) in [6.07, 6.45) is 3.09. The molecule has 0 atom stereocenters. The van der Waals surface area contributed by atoms with Gasteiger partial charge in [-0.05, 0) is 51.4 Å². The van der Waals surface area contributed by atoms with Crippen molar-refractivity contribution in [2.45, 2.75) is 63.7 Å². The lowest BCUT2D eigenvalue weighted by Crippen LogP contribution is -2.37. The van der Waals surface area contributed by atoms with E-state index in [0.717, 1.165) is 0 Å². The van der Waals surface area contributed by atoms with E-state index in [2.05, 4.69) is 10.9 Å². The predicted molar refractivity (Wildman–Crippen MR) is 78.4 cm³/mol. The molecular weight excluding hydrogens is 294 g/mol. The Kier molecular flexibility index (Phi) is 8.26. The van der Waals surface area contributed by atoms with Crippen LogP contribution < -0.4 is 22.5 Å². The molecule has 6 nitrogen and oxygen atoms in total. The van der Waals surface area contributed by atoms with Gasteiger partial charge in [0.05, 0.1) is 0 Å². The highest BCUT2D eigenvalue weighted by atomic mass is 19.1. The molecule has 22 heavy (non-hydrogen) atoms. The van der Waals surface area contributed by atoms with Gasteiger partial charge in [-0.3, -0.25) is 20.4 Å². The summed E-state index contributed by atoms with van der Waals surface area (Å²) in [4.78, 5) is 21.8. The molecule has 0 bridgehead atoms. The Morgan fingerprint density at radius 2 is 0.955 bits per heavy atom. The zero-order valence-corrected chi connectivity index (χ0v) is 12.7. The van der Waals surface area contributed by atoms with Gasteiger partial charge in [0, 0.05) is 11.8 Å². The number of nitrogens with one attached hydrogen (secondary N) is 2. The minimum absolute atomic E-state index is 0.0630. The Labute approximate surface area is 129 Å². The van der Waals surface area contributed by atoms with Crippen molar-refractivity contribution in [3.8, 4) is 0 Å². The van der Waals surface area contributed by atoms with Gasteiger partial charge in [-0.15, -0.1) is 0 Å². The molecule has 0 aromatic carbocycles. The second kappa shape index (κ2) is 9.68. The zero-order valence-electron chi connectivity index (χ0n) is 12.7. The fraction of sp³-hybridized carbons (Fsp3) is 0.857. The van der Waals surface area contributed by atoms with E-state index in [0.29, 0.717) is 51.4 Å². The smallest absolute Gasteiger partial charge is 0.236 e. The molecule has 2 amide bonds. The third-order valence-electron chi connectivity index (χ3n) is 4.34. The Morgan fingerprint density at radius 3 is 1.18 bits per heavy atom. The van der Waals surface area contributed by atoms with E-state index in [1.807, 2.05) is 0 Å². The lowest BCUT2D eigenvalue weighted by Gasteiger charge is -2.22. The van der Waals surface area contributed by atoms with Gasteiger partial charge in [0.25, 0.3) is 0 Å². The van der Waals surface area contributed by atoms with Crippen LogP contribution in [0.3, 0.4) is 0 Å². The Balaban J connectivity index is 0.000000220. The molecule has 0 saturated heterocycles. The molecule has 2 saturated carbocycles. The molecule has 0 spiro atoms. The second-order valence-corrected chi connectivity index (χ2v) is 5.91. The Hall–Kier alpha value is -1.28. The lowest BCUT2D eigenvalue weighted by atomic mass is 9.88. The summed E-state index contributed by atoms with van der Waals surface area (Å²) in [6, 6.07) is 0. The molecule has 128 valence electrons. The zero-order chi connectivity index (χ0) is 16.5. The fourth-order valence-corrected chi connectivity index (χ4v) is 2.87. The number of hydrazine groups is 2. The molecule has 0 aromatic heterocycles. The highest BCUT2D eigenvalue weighted by Crippen LogP contribution is 2.26. The van der Waals surface area contributed by atoms with Crippen molar-refractivity contribution in [1.29, 1.82) is 0 Å². The SMILES string of the molecule is NNC(=O)C1CCC(F)CC1.NNC(=O)C1CCC(F)CC1. The molecule has 2 aliphatic rings. The van der Waals surface area contributed by atoms with Gasteiger partial charge < -0.3 is 0 Å². The van der Waals surface area contributed by atoms with Crippen LogP contribution in [0.4, 0.5) is 8.78 Å². The van der Waals surface area contributed by atoms with Gasteiger partial charge in [-0.1, -0.05) is 0 Å². The van der Waals surface area contributed by atoms with Crippen molar-refractivity contribution >= 4 is 11.8 Å². The van der Waals surface area contributed by atoms with Gasteiger partial charge in [-0.2, -0.15) is 0 Å². The number of alkyl halides is 2. The number of halogens is 2. The quantitative estimate of drug-likeness (QED) is 0.346. The van der Waals surface area contributed by atoms with Gasteiger partial charge in [0.1, 0.15) is 12.3 Å². The Morgan fingerprint density at radius 1 is 0.682 bits per heavy atom. The van der Waals surface area contributed by atoms with E-state index < -0.39 is 12.3 Å². The number of amides is 2. The third kappa shape index (κ3) is 6.23. The average molecular weight is 320 g/mol. The van der Waals surface area contributed by atoms with Gasteiger partial charge in [-0.25, -0.2) is 20.5 Å². The fourth-order valence-electron chi connectivity index (χ4n) is 2.87. The minimum atomic E-state index is -0.711. The molecule has 0 heterocycles. The van der Waals surface area contributed by atoms with E-state index in [1.165, 1.54) is 0 Å². The summed E-state index contributed by atoms with van der Waals surface area (Å²) < 4.78 is 25.1. The Bertz CT molecular complexity index is 321. The van der Waals surface area contributed by atoms with E-state index >= 15 is 0 Å². The normalized spacial score (nSPS) is 31.5. The molecule has 0 aliphatic heterocycles. The summed E-state index contributed by atoms with van der Waals surface area (Å²) in [6.45, 7) is 0. The summed E-state index contributed by atoms with van der Waals surface area (Å²) in [5.41, 5.74) is 4.18. The topological polar surface area (TPSA) is 110 Å².